The Labute approximate surface area is 180 Å². The zero-order valence-corrected chi connectivity index (χ0v) is 17.5. The van der Waals surface area contributed by atoms with Gasteiger partial charge in [-0.3, -0.25) is 4.90 Å². The average Bonchev–Trinajstić information content (AvgIpc) is 2.76. The number of nitrogens with zero attached hydrogens (tertiary/aromatic N) is 1. The highest BCUT2D eigenvalue weighted by Crippen LogP contribution is 2.37. The molecule has 3 N–H and O–H groups in total. The first-order valence-corrected chi connectivity index (χ1v) is 10.7. The quantitative estimate of drug-likeness (QED) is 0.496. The van der Waals surface area contributed by atoms with E-state index >= 15 is 0 Å². The molecule has 0 spiro atoms. The largest absolute Gasteiger partial charge is 0.460 e. The lowest BCUT2D eigenvalue weighted by molar-refractivity contribution is 0.0320. The molecule has 1 fully saturated rings. The second kappa shape index (κ2) is 7.87. The minimum absolute atomic E-state index is 0.478. The first kappa shape index (κ1) is 19.8. The van der Waals surface area contributed by atoms with Gasteiger partial charge in [-0.1, -0.05) is 25.1 Å². The molecule has 0 saturated carbocycles. The number of rotatable bonds is 3. The number of hydrogen-bond donors (Lipinski definition) is 2. The number of hydrogen-bond acceptors (Lipinski definition) is 6. The molecule has 6 nitrogen and oxygen atoms in total. The normalized spacial score (nSPS) is 19.7. The van der Waals surface area contributed by atoms with Gasteiger partial charge in [0, 0.05) is 45.9 Å². The number of para-hydroxylation sites is 1. The molecule has 0 aliphatic carbocycles. The van der Waals surface area contributed by atoms with Gasteiger partial charge < -0.3 is 20.0 Å². The molecule has 0 radical (unpaired) electrons. The Bertz CT molecular complexity index is 1220. The number of fused-ring (bicyclic) bond motifs is 2. The number of anilines is 1. The Morgan fingerprint density at radius 3 is 2.74 bits per heavy atom. The van der Waals surface area contributed by atoms with Crippen LogP contribution in [0.1, 0.15) is 36.5 Å². The topological polar surface area (TPSA) is 88.9 Å². The van der Waals surface area contributed by atoms with Crippen molar-refractivity contribution in [3.8, 4) is 5.75 Å². The molecule has 2 aliphatic heterocycles. The van der Waals surface area contributed by atoms with Gasteiger partial charge in [0.1, 0.15) is 11.3 Å². The minimum Gasteiger partial charge on any atom is -0.460 e. The molecule has 160 valence electrons. The van der Waals surface area contributed by atoms with Crippen molar-refractivity contribution < 1.29 is 14.3 Å². The van der Waals surface area contributed by atoms with Gasteiger partial charge in [-0.25, -0.2) is 4.79 Å². The van der Waals surface area contributed by atoms with E-state index in [-0.39, 0.29) is 0 Å². The van der Waals surface area contributed by atoms with Gasteiger partial charge in [0.25, 0.3) is 0 Å². The van der Waals surface area contributed by atoms with Crippen molar-refractivity contribution in [3.63, 3.8) is 0 Å². The van der Waals surface area contributed by atoms with E-state index in [1.54, 1.807) is 0 Å². The second-order valence-electron chi connectivity index (χ2n) is 8.56. The third kappa shape index (κ3) is 3.73. The van der Waals surface area contributed by atoms with E-state index in [1.807, 2.05) is 42.5 Å². The van der Waals surface area contributed by atoms with E-state index in [4.69, 9.17) is 14.9 Å². The number of benzene rings is 2. The zero-order valence-electron chi connectivity index (χ0n) is 17.5. The molecule has 0 amide bonds. The Morgan fingerprint density at radius 1 is 1.16 bits per heavy atom. The van der Waals surface area contributed by atoms with Gasteiger partial charge in [0.15, 0.2) is 0 Å². The van der Waals surface area contributed by atoms with Gasteiger partial charge in [0.05, 0.1) is 0 Å². The van der Waals surface area contributed by atoms with E-state index < -0.39 is 11.9 Å². The number of aliphatic hydroxyl groups excluding tert-OH is 1. The average molecular weight is 418 g/mol. The predicted octanol–water partition coefficient (Wildman–Crippen LogP) is 3.86. The van der Waals surface area contributed by atoms with E-state index in [2.05, 4.69) is 11.8 Å². The summed E-state index contributed by atoms with van der Waals surface area (Å²) in [5.41, 5.74) is 9.72. The summed E-state index contributed by atoms with van der Waals surface area (Å²) in [6, 6.07) is 12.6. The van der Waals surface area contributed by atoms with Crippen LogP contribution in [0.4, 0.5) is 5.69 Å². The van der Waals surface area contributed by atoms with Crippen LogP contribution in [0.15, 0.2) is 51.7 Å². The van der Waals surface area contributed by atoms with Crippen LogP contribution in [0.3, 0.4) is 0 Å². The molecule has 1 atom stereocenters. The van der Waals surface area contributed by atoms with Crippen LogP contribution in [0.25, 0.3) is 22.6 Å². The number of likely N-dealkylation sites (tertiary alicyclic amines) is 1. The standard InChI is InChI=1S/C25H26N2O4/c1-15-8-10-27(11-9-15)14-20-21(26)7-6-17-18(13-23(28)31-24(17)20)19-12-16-4-2-3-5-22(16)30-25(19)29/h2-7,12-13,15,25,29H,8-11,14,26H2,1H3. The minimum atomic E-state index is -1.18. The maximum atomic E-state index is 12.5. The molecule has 31 heavy (non-hydrogen) atoms. The van der Waals surface area contributed by atoms with Crippen LogP contribution in [-0.4, -0.2) is 29.4 Å². The molecule has 2 aromatic carbocycles. The summed E-state index contributed by atoms with van der Waals surface area (Å²) in [7, 11) is 0. The number of aliphatic hydroxyl groups is 1. The lowest BCUT2D eigenvalue weighted by Gasteiger charge is -2.30. The van der Waals surface area contributed by atoms with Crippen LogP contribution >= 0.6 is 0 Å². The monoisotopic (exact) mass is 418 g/mol. The molecule has 1 aromatic heterocycles. The molecule has 3 heterocycles. The summed E-state index contributed by atoms with van der Waals surface area (Å²) in [5.74, 6) is 1.34. The van der Waals surface area contributed by atoms with Crippen LogP contribution in [0, 0.1) is 5.92 Å². The number of nitrogen functional groups attached to an aromatic ring is 1. The number of ether oxygens (including phenoxy) is 1. The van der Waals surface area contributed by atoms with Crippen molar-refractivity contribution in [1.82, 2.24) is 4.90 Å². The van der Waals surface area contributed by atoms with Gasteiger partial charge in [-0.05, 0) is 56.1 Å². The Morgan fingerprint density at radius 2 is 1.94 bits per heavy atom. The Hall–Kier alpha value is -3.09. The molecular weight excluding hydrogens is 392 g/mol. The zero-order chi connectivity index (χ0) is 21.5. The van der Waals surface area contributed by atoms with Gasteiger partial charge >= 0.3 is 5.63 Å². The number of nitrogens with two attached hydrogens (primary N) is 1. The van der Waals surface area contributed by atoms with E-state index in [1.165, 1.54) is 6.07 Å². The van der Waals surface area contributed by atoms with Crippen LogP contribution in [0.5, 0.6) is 5.75 Å². The highest BCUT2D eigenvalue weighted by molar-refractivity contribution is 5.99. The fraction of sp³-hybridized carbons (Fsp3) is 0.320. The van der Waals surface area contributed by atoms with Gasteiger partial charge in [-0.2, -0.15) is 0 Å². The third-order valence-electron chi connectivity index (χ3n) is 6.36. The molecule has 6 heteroatoms. The molecule has 2 aliphatic rings. The van der Waals surface area contributed by atoms with Crippen molar-refractivity contribution in [1.29, 1.82) is 0 Å². The molecule has 1 saturated heterocycles. The smallest absolute Gasteiger partial charge is 0.336 e. The SMILES string of the molecule is CC1CCN(Cc2c(N)ccc3c(C4=Cc5ccccc5OC4O)cc(=O)oc23)CC1. The fourth-order valence-corrected chi connectivity index (χ4v) is 4.48. The highest BCUT2D eigenvalue weighted by Gasteiger charge is 2.25. The predicted molar refractivity (Wildman–Crippen MR) is 122 cm³/mol. The molecular formula is C25H26N2O4. The summed E-state index contributed by atoms with van der Waals surface area (Å²) in [6.07, 6.45) is 2.98. The Balaban J connectivity index is 1.62. The van der Waals surface area contributed by atoms with E-state index in [0.717, 1.165) is 48.4 Å². The first-order chi connectivity index (χ1) is 15.0. The van der Waals surface area contributed by atoms with Crippen LogP contribution in [-0.2, 0) is 6.54 Å². The van der Waals surface area contributed by atoms with Gasteiger partial charge in [-0.15, -0.1) is 0 Å². The van der Waals surface area contributed by atoms with Crippen molar-refractivity contribution >= 4 is 28.3 Å². The van der Waals surface area contributed by atoms with E-state index in [0.29, 0.717) is 34.7 Å². The van der Waals surface area contributed by atoms with Crippen LogP contribution in [0.2, 0.25) is 0 Å². The van der Waals surface area contributed by atoms with Crippen molar-refractivity contribution in [2.45, 2.75) is 32.6 Å². The maximum absolute atomic E-state index is 12.5. The summed E-state index contributed by atoms with van der Waals surface area (Å²) in [6.45, 7) is 4.90. The Kier molecular flexibility index (Phi) is 5.04. The lowest BCUT2D eigenvalue weighted by atomic mass is 9.95. The molecule has 1 unspecified atom stereocenters. The lowest BCUT2D eigenvalue weighted by Crippen LogP contribution is -2.32. The number of piperidine rings is 1. The second-order valence-corrected chi connectivity index (χ2v) is 8.56. The molecule has 5 rings (SSSR count). The van der Waals surface area contributed by atoms with Gasteiger partial charge in [0.2, 0.25) is 6.29 Å². The van der Waals surface area contributed by atoms with Crippen molar-refractivity contribution in [2.24, 2.45) is 5.92 Å². The van der Waals surface area contributed by atoms with Crippen molar-refractivity contribution in [3.05, 3.63) is 69.6 Å². The fourth-order valence-electron chi connectivity index (χ4n) is 4.48. The third-order valence-corrected chi connectivity index (χ3v) is 6.36. The molecule has 3 aromatic rings. The van der Waals surface area contributed by atoms with Crippen LogP contribution < -0.4 is 16.1 Å². The highest BCUT2D eigenvalue weighted by atomic mass is 16.6. The summed E-state index contributed by atoms with van der Waals surface area (Å²) >= 11 is 0. The summed E-state index contributed by atoms with van der Waals surface area (Å²) in [5, 5.41) is 11.4. The van der Waals surface area contributed by atoms with E-state index in [9.17, 15) is 9.90 Å². The molecule has 0 bridgehead atoms. The summed E-state index contributed by atoms with van der Waals surface area (Å²) in [4.78, 5) is 14.9. The summed E-state index contributed by atoms with van der Waals surface area (Å²) < 4.78 is 11.4. The van der Waals surface area contributed by atoms with Crippen molar-refractivity contribution in [2.75, 3.05) is 18.8 Å². The maximum Gasteiger partial charge on any atom is 0.336 e. The first-order valence-electron chi connectivity index (χ1n) is 10.7.